The highest BCUT2D eigenvalue weighted by Gasteiger charge is 2.04. The van der Waals surface area contributed by atoms with Crippen molar-refractivity contribution in [2.75, 3.05) is 12.4 Å². The number of rotatable bonds is 5. The summed E-state index contributed by atoms with van der Waals surface area (Å²) in [5.74, 6) is 0.0664. The number of furan rings is 1. The number of nitrogens with zero attached hydrogens (tertiary/aromatic N) is 1. The Morgan fingerprint density at radius 3 is 2.84 bits per heavy atom. The van der Waals surface area contributed by atoms with Crippen LogP contribution in [0.1, 0.15) is 18.1 Å². The van der Waals surface area contributed by atoms with E-state index in [9.17, 15) is 4.79 Å². The molecule has 1 aromatic carbocycles. The lowest BCUT2D eigenvalue weighted by atomic mass is 10.2. The molecule has 2 rings (SSSR count). The maximum absolute atomic E-state index is 11.2. The van der Waals surface area contributed by atoms with Crippen molar-refractivity contribution < 1.29 is 9.21 Å². The standard InChI is InChI=1S/C15H18N2O2/c1-12(18)17(2)10-13-4-3-5-15(8-13)16-9-14-6-7-19-11-14/h3-8,11,16H,9-10H2,1-2H3. The molecule has 1 N–H and O–H groups in total. The molecule has 0 aliphatic heterocycles. The monoisotopic (exact) mass is 258 g/mol. The SMILES string of the molecule is CC(=O)N(C)Cc1cccc(NCc2ccoc2)c1. The molecular weight excluding hydrogens is 240 g/mol. The molecule has 0 spiro atoms. The zero-order valence-corrected chi connectivity index (χ0v) is 11.2. The van der Waals surface area contributed by atoms with Gasteiger partial charge in [0.2, 0.25) is 5.91 Å². The Morgan fingerprint density at radius 1 is 1.32 bits per heavy atom. The van der Waals surface area contributed by atoms with Gasteiger partial charge in [-0.1, -0.05) is 12.1 Å². The molecule has 0 saturated heterocycles. The fourth-order valence-corrected chi connectivity index (χ4v) is 1.76. The van der Waals surface area contributed by atoms with E-state index in [0.29, 0.717) is 6.54 Å². The minimum absolute atomic E-state index is 0.0664. The highest BCUT2D eigenvalue weighted by molar-refractivity contribution is 5.72. The van der Waals surface area contributed by atoms with Crippen LogP contribution in [0.4, 0.5) is 5.69 Å². The zero-order valence-electron chi connectivity index (χ0n) is 11.2. The predicted octanol–water partition coefficient (Wildman–Crippen LogP) is 2.87. The van der Waals surface area contributed by atoms with E-state index in [-0.39, 0.29) is 5.91 Å². The number of amides is 1. The van der Waals surface area contributed by atoms with Crippen LogP contribution < -0.4 is 5.32 Å². The molecule has 0 unspecified atom stereocenters. The molecule has 0 atom stereocenters. The summed E-state index contributed by atoms with van der Waals surface area (Å²) in [6.45, 7) is 2.92. The Hall–Kier alpha value is -2.23. The molecule has 0 saturated carbocycles. The number of carbonyl (C=O) groups excluding carboxylic acids is 1. The van der Waals surface area contributed by atoms with Gasteiger partial charge in [-0.25, -0.2) is 0 Å². The Balaban J connectivity index is 1.96. The van der Waals surface area contributed by atoms with Crippen LogP contribution in [-0.2, 0) is 17.9 Å². The van der Waals surface area contributed by atoms with Gasteiger partial charge in [0, 0.05) is 38.3 Å². The number of hydrogen-bond acceptors (Lipinski definition) is 3. The van der Waals surface area contributed by atoms with Gasteiger partial charge in [-0.15, -0.1) is 0 Å². The number of hydrogen-bond donors (Lipinski definition) is 1. The molecule has 1 heterocycles. The van der Waals surface area contributed by atoms with Crippen molar-refractivity contribution in [2.24, 2.45) is 0 Å². The second-order valence-corrected chi connectivity index (χ2v) is 4.56. The Kier molecular flexibility index (Phi) is 4.23. The molecule has 2 aromatic rings. The first-order valence-corrected chi connectivity index (χ1v) is 6.21. The molecule has 19 heavy (non-hydrogen) atoms. The number of nitrogens with one attached hydrogen (secondary N) is 1. The van der Waals surface area contributed by atoms with Gasteiger partial charge in [-0.3, -0.25) is 4.79 Å². The first-order chi connectivity index (χ1) is 9.15. The van der Waals surface area contributed by atoms with E-state index >= 15 is 0 Å². The van der Waals surface area contributed by atoms with Crippen LogP contribution in [-0.4, -0.2) is 17.9 Å². The Bertz CT molecular complexity index is 535. The van der Waals surface area contributed by atoms with Crippen LogP contribution in [0.25, 0.3) is 0 Å². The molecule has 4 heteroatoms. The average Bonchev–Trinajstić information content (AvgIpc) is 2.90. The van der Waals surface area contributed by atoms with E-state index in [1.807, 2.05) is 24.3 Å². The molecule has 1 amide bonds. The molecule has 1 aromatic heterocycles. The minimum atomic E-state index is 0.0664. The third-order valence-corrected chi connectivity index (χ3v) is 2.96. The summed E-state index contributed by atoms with van der Waals surface area (Å²) < 4.78 is 5.02. The fourth-order valence-electron chi connectivity index (χ4n) is 1.76. The normalized spacial score (nSPS) is 10.2. The quantitative estimate of drug-likeness (QED) is 0.897. The first-order valence-electron chi connectivity index (χ1n) is 6.21. The van der Waals surface area contributed by atoms with E-state index in [4.69, 9.17) is 4.42 Å². The van der Waals surface area contributed by atoms with Gasteiger partial charge in [-0.05, 0) is 23.8 Å². The van der Waals surface area contributed by atoms with Crippen molar-refractivity contribution in [1.82, 2.24) is 4.90 Å². The van der Waals surface area contributed by atoms with Gasteiger partial charge < -0.3 is 14.6 Å². The van der Waals surface area contributed by atoms with Crippen LogP contribution in [0.3, 0.4) is 0 Å². The van der Waals surface area contributed by atoms with Crippen LogP contribution in [0.5, 0.6) is 0 Å². The van der Waals surface area contributed by atoms with Gasteiger partial charge in [0.05, 0.1) is 12.5 Å². The van der Waals surface area contributed by atoms with E-state index in [0.717, 1.165) is 23.4 Å². The van der Waals surface area contributed by atoms with Gasteiger partial charge in [-0.2, -0.15) is 0 Å². The van der Waals surface area contributed by atoms with E-state index < -0.39 is 0 Å². The fraction of sp³-hybridized carbons (Fsp3) is 0.267. The summed E-state index contributed by atoms with van der Waals surface area (Å²) in [5, 5.41) is 3.33. The van der Waals surface area contributed by atoms with Crippen molar-refractivity contribution >= 4 is 11.6 Å². The summed E-state index contributed by atoms with van der Waals surface area (Å²) in [6, 6.07) is 10.0. The highest BCUT2D eigenvalue weighted by atomic mass is 16.3. The molecule has 0 radical (unpaired) electrons. The van der Waals surface area contributed by atoms with Crippen molar-refractivity contribution in [2.45, 2.75) is 20.0 Å². The highest BCUT2D eigenvalue weighted by Crippen LogP contribution is 2.13. The second-order valence-electron chi connectivity index (χ2n) is 4.56. The molecule has 0 aliphatic rings. The Morgan fingerprint density at radius 2 is 2.16 bits per heavy atom. The van der Waals surface area contributed by atoms with Gasteiger partial charge in [0.25, 0.3) is 0 Å². The van der Waals surface area contributed by atoms with E-state index in [2.05, 4.69) is 11.4 Å². The lowest BCUT2D eigenvalue weighted by Gasteiger charge is -2.15. The van der Waals surface area contributed by atoms with Gasteiger partial charge in [0.15, 0.2) is 0 Å². The van der Waals surface area contributed by atoms with E-state index in [1.54, 1.807) is 31.4 Å². The summed E-state index contributed by atoms with van der Waals surface area (Å²) >= 11 is 0. The molecular formula is C15H18N2O2. The summed E-state index contributed by atoms with van der Waals surface area (Å²) in [7, 11) is 1.80. The maximum atomic E-state index is 11.2. The van der Waals surface area contributed by atoms with Gasteiger partial charge >= 0.3 is 0 Å². The van der Waals surface area contributed by atoms with E-state index in [1.165, 1.54) is 0 Å². The maximum Gasteiger partial charge on any atom is 0.219 e. The smallest absolute Gasteiger partial charge is 0.219 e. The zero-order chi connectivity index (χ0) is 13.7. The topological polar surface area (TPSA) is 45.5 Å². The Labute approximate surface area is 113 Å². The average molecular weight is 258 g/mol. The first kappa shape index (κ1) is 13.2. The minimum Gasteiger partial charge on any atom is -0.472 e. The summed E-state index contributed by atoms with van der Waals surface area (Å²) in [4.78, 5) is 12.9. The number of anilines is 1. The molecule has 4 nitrogen and oxygen atoms in total. The lowest BCUT2D eigenvalue weighted by Crippen LogP contribution is -2.22. The van der Waals surface area contributed by atoms with Crippen LogP contribution in [0.15, 0.2) is 47.3 Å². The van der Waals surface area contributed by atoms with Crippen LogP contribution in [0, 0.1) is 0 Å². The second kappa shape index (κ2) is 6.09. The number of carbonyl (C=O) groups is 1. The van der Waals surface area contributed by atoms with Crippen LogP contribution in [0.2, 0.25) is 0 Å². The third-order valence-electron chi connectivity index (χ3n) is 2.96. The number of benzene rings is 1. The van der Waals surface area contributed by atoms with Crippen molar-refractivity contribution in [3.05, 3.63) is 54.0 Å². The molecule has 0 bridgehead atoms. The summed E-state index contributed by atoms with van der Waals surface area (Å²) in [6.07, 6.45) is 3.38. The largest absolute Gasteiger partial charge is 0.472 e. The molecule has 0 aliphatic carbocycles. The third kappa shape index (κ3) is 3.88. The molecule has 0 fully saturated rings. The van der Waals surface area contributed by atoms with Crippen molar-refractivity contribution in [3.63, 3.8) is 0 Å². The lowest BCUT2D eigenvalue weighted by molar-refractivity contribution is -0.128. The predicted molar refractivity (Wildman–Crippen MR) is 74.6 cm³/mol. The van der Waals surface area contributed by atoms with Crippen LogP contribution >= 0.6 is 0 Å². The van der Waals surface area contributed by atoms with Crippen molar-refractivity contribution in [3.8, 4) is 0 Å². The summed E-state index contributed by atoms with van der Waals surface area (Å²) in [5.41, 5.74) is 3.25. The van der Waals surface area contributed by atoms with Crippen molar-refractivity contribution in [1.29, 1.82) is 0 Å². The van der Waals surface area contributed by atoms with Gasteiger partial charge in [0.1, 0.15) is 0 Å². The molecule has 100 valence electrons.